The quantitative estimate of drug-likeness (QED) is 0.926. The third kappa shape index (κ3) is 2.71. The molecule has 0 bridgehead atoms. The largest absolute Gasteiger partial charge is 0.369 e. The average Bonchev–Trinajstić information content (AvgIpc) is 2.33. The molecule has 0 atom stereocenters. The van der Waals surface area contributed by atoms with Gasteiger partial charge in [-0.05, 0) is 19.1 Å². The van der Waals surface area contributed by atoms with Gasteiger partial charge in [0.1, 0.15) is 11.6 Å². The maximum atomic E-state index is 13.1. The number of rotatable bonds is 3. The summed E-state index contributed by atoms with van der Waals surface area (Å²) in [5.41, 5.74) is 0.958. The van der Waals surface area contributed by atoms with Crippen molar-refractivity contribution in [2.24, 2.45) is 0 Å². The molecule has 0 radical (unpaired) electrons. The molecule has 2 aromatic heterocycles. The van der Waals surface area contributed by atoms with Gasteiger partial charge >= 0.3 is 0 Å². The second-order valence-corrected chi connectivity index (χ2v) is 4.39. The number of halogens is 3. The third-order valence-corrected chi connectivity index (χ3v) is 2.83. The lowest BCUT2D eigenvalue weighted by Gasteiger charge is -2.09. The summed E-state index contributed by atoms with van der Waals surface area (Å²) in [5.74, 6) is 0.0770. The molecule has 0 aliphatic heterocycles. The Morgan fingerprint density at radius 1 is 1.22 bits per heavy atom. The van der Waals surface area contributed by atoms with Gasteiger partial charge in [0.15, 0.2) is 0 Å². The summed E-state index contributed by atoms with van der Waals surface area (Å²) < 4.78 is 13.1. The van der Waals surface area contributed by atoms with Crippen LogP contribution in [-0.2, 0) is 0 Å². The van der Waals surface area contributed by atoms with E-state index in [1.54, 1.807) is 6.07 Å². The summed E-state index contributed by atoms with van der Waals surface area (Å²) in [6.07, 6.45) is 2.62. The number of anilines is 1. The standard InChI is InChI=1S/C12H10Cl2FN3/c1-2-17-12-10(14)4-9(13)11(18-12)7-3-8(15)6-16-5-7/h3-6H,2H2,1H3,(H,17,18). The zero-order chi connectivity index (χ0) is 13.1. The van der Waals surface area contributed by atoms with Crippen LogP contribution in [-0.4, -0.2) is 16.5 Å². The fraction of sp³-hybridized carbons (Fsp3) is 0.167. The second kappa shape index (κ2) is 5.50. The molecule has 6 heteroatoms. The van der Waals surface area contributed by atoms with E-state index in [2.05, 4.69) is 15.3 Å². The molecule has 0 fully saturated rings. The van der Waals surface area contributed by atoms with Crippen LogP contribution in [0, 0.1) is 5.82 Å². The first-order valence-electron chi connectivity index (χ1n) is 5.32. The monoisotopic (exact) mass is 285 g/mol. The van der Waals surface area contributed by atoms with Crippen molar-refractivity contribution in [3.8, 4) is 11.3 Å². The average molecular weight is 286 g/mol. The number of pyridine rings is 2. The molecule has 0 unspecified atom stereocenters. The molecule has 0 aromatic carbocycles. The van der Waals surface area contributed by atoms with E-state index in [9.17, 15) is 4.39 Å². The van der Waals surface area contributed by atoms with E-state index in [-0.39, 0.29) is 0 Å². The van der Waals surface area contributed by atoms with E-state index in [0.29, 0.717) is 33.7 Å². The van der Waals surface area contributed by atoms with Crippen LogP contribution in [0.4, 0.5) is 10.2 Å². The van der Waals surface area contributed by atoms with Gasteiger partial charge in [-0.25, -0.2) is 9.37 Å². The van der Waals surface area contributed by atoms with E-state index in [4.69, 9.17) is 23.2 Å². The molecular formula is C12H10Cl2FN3. The van der Waals surface area contributed by atoms with Crippen molar-refractivity contribution in [2.45, 2.75) is 6.92 Å². The number of hydrogen-bond donors (Lipinski definition) is 1. The van der Waals surface area contributed by atoms with Crippen LogP contribution in [0.1, 0.15) is 6.92 Å². The predicted octanol–water partition coefficient (Wildman–Crippen LogP) is 4.02. The summed E-state index contributed by atoms with van der Waals surface area (Å²) in [6, 6.07) is 2.90. The molecule has 0 spiro atoms. The van der Waals surface area contributed by atoms with Gasteiger partial charge in [-0.1, -0.05) is 23.2 Å². The molecule has 0 aliphatic rings. The molecule has 0 saturated heterocycles. The molecule has 2 rings (SSSR count). The molecule has 94 valence electrons. The van der Waals surface area contributed by atoms with Crippen LogP contribution >= 0.6 is 23.2 Å². The summed E-state index contributed by atoms with van der Waals surface area (Å²) in [5, 5.41) is 3.79. The topological polar surface area (TPSA) is 37.8 Å². The Hall–Kier alpha value is -1.39. The Balaban J connectivity index is 2.53. The first kappa shape index (κ1) is 13.1. The Morgan fingerprint density at radius 2 is 2.00 bits per heavy atom. The van der Waals surface area contributed by atoms with Crippen LogP contribution in [0.3, 0.4) is 0 Å². The van der Waals surface area contributed by atoms with E-state index in [1.165, 1.54) is 12.3 Å². The molecule has 0 saturated carbocycles. The van der Waals surface area contributed by atoms with Crippen LogP contribution in [0.2, 0.25) is 10.0 Å². The van der Waals surface area contributed by atoms with Crippen molar-refractivity contribution in [2.75, 3.05) is 11.9 Å². The highest BCUT2D eigenvalue weighted by molar-refractivity contribution is 6.37. The van der Waals surface area contributed by atoms with Gasteiger partial charge in [0.2, 0.25) is 0 Å². The van der Waals surface area contributed by atoms with Crippen molar-refractivity contribution in [3.05, 3.63) is 40.4 Å². The summed E-state index contributed by atoms with van der Waals surface area (Å²) in [7, 11) is 0. The summed E-state index contributed by atoms with van der Waals surface area (Å²) >= 11 is 12.1. The Kier molecular flexibility index (Phi) is 3.99. The fourth-order valence-corrected chi connectivity index (χ4v) is 2.04. The van der Waals surface area contributed by atoms with Crippen molar-refractivity contribution in [1.82, 2.24) is 9.97 Å². The summed E-state index contributed by atoms with van der Waals surface area (Å²) in [4.78, 5) is 8.06. The maximum Gasteiger partial charge on any atom is 0.145 e. The van der Waals surface area contributed by atoms with Crippen LogP contribution in [0.5, 0.6) is 0 Å². The first-order valence-corrected chi connectivity index (χ1v) is 6.08. The lowest BCUT2D eigenvalue weighted by Crippen LogP contribution is -2.01. The molecule has 0 amide bonds. The van der Waals surface area contributed by atoms with E-state index >= 15 is 0 Å². The van der Waals surface area contributed by atoms with Crippen LogP contribution < -0.4 is 5.32 Å². The van der Waals surface area contributed by atoms with Crippen molar-refractivity contribution in [3.63, 3.8) is 0 Å². The minimum Gasteiger partial charge on any atom is -0.369 e. The minimum absolute atomic E-state index is 0.356. The van der Waals surface area contributed by atoms with Gasteiger partial charge in [-0.15, -0.1) is 0 Å². The third-order valence-electron chi connectivity index (χ3n) is 2.25. The lowest BCUT2D eigenvalue weighted by molar-refractivity contribution is 0.622. The van der Waals surface area contributed by atoms with Crippen LogP contribution in [0.25, 0.3) is 11.3 Å². The number of aromatic nitrogens is 2. The molecular weight excluding hydrogens is 276 g/mol. The SMILES string of the molecule is CCNc1nc(-c2cncc(F)c2)c(Cl)cc1Cl. The molecule has 1 N–H and O–H groups in total. The zero-order valence-corrected chi connectivity index (χ0v) is 11.1. The number of hydrogen-bond acceptors (Lipinski definition) is 3. The smallest absolute Gasteiger partial charge is 0.145 e. The van der Waals surface area contributed by atoms with Crippen molar-refractivity contribution >= 4 is 29.0 Å². The van der Waals surface area contributed by atoms with E-state index < -0.39 is 5.82 Å². The van der Waals surface area contributed by atoms with E-state index in [1.807, 2.05) is 6.92 Å². The van der Waals surface area contributed by atoms with Crippen molar-refractivity contribution in [1.29, 1.82) is 0 Å². The summed E-state index contributed by atoms with van der Waals surface area (Å²) in [6.45, 7) is 2.60. The number of nitrogens with zero attached hydrogens (tertiary/aromatic N) is 2. The Bertz CT molecular complexity index is 575. The molecule has 2 aromatic rings. The molecule has 2 heterocycles. The van der Waals surface area contributed by atoms with Crippen LogP contribution in [0.15, 0.2) is 24.5 Å². The number of nitrogens with one attached hydrogen (secondary N) is 1. The first-order chi connectivity index (χ1) is 8.61. The fourth-order valence-electron chi connectivity index (χ4n) is 1.50. The Morgan fingerprint density at radius 3 is 2.67 bits per heavy atom. The van der Waals surface area contributed by atoms with Gasteiger partial charge < -0.3 is 5.32 Å². The highest BCUT2D eigenvalue weighted by atomic mass is 35.5. The molecule has 18 heavy (non-hydrogen) atoms. The maximum absolute atomic E-state index is 13.1. The normalized spacial score (nSPS) is 10.4. The highest BCUT2D eigenvalue weighted by Crippen LogP contribution is 2.32. The van der Waals surface area contributed by atoms with Gasteiger partial charge in [0.05, 0.1) is 21.9 Å². The predicted molar refractivity (Wildman–Crippen MR) is 71.6 cm³/mol. The second-order valence-electron chi connectivity index (χ2n) is 3.57. The van der Waals surface area contributed by atoms with E-state index in [0.717, 1.165) is 6.20 Å². The molecule has 0 aliphatic carbocycles. The zero-order valence-electron chi connectivity index (χ0n) is 9.54. The van der Waals surface area contributed by atoms with Gasteiger partial charge in [-0.2, -0.15) is 0 Å². The van der Waals surface area contributed by atoms with Gasteiger partial charge in [0.25, 0.3) is 0 Å². The van der Waals surface area contributed by atoms with Crippen molar-refractivity contribution < 1.29 is 4.39 Å². The lowest BCUT2D eigenvalue weighted by atomic mass is 10.2. The highest BCUT2D eigenvalue weighted by Gasteiger charge is 2.11. The minimum atomic E-state index is -0.440. The van der Waals surface area contributed by atoms with Gasteiger partial charge in [-0.3, -0.25) is 4.98 Å². The Labute approximate surface area is 114 Å². The molecule has 3 nitrogen and oxygen atoms in total. The van der Waals surface area contributed by atoms with Gasteiger partial charge in [0, 0.05) is 18.3 Å².